The molecule has 7 nitrogen and oxygen atoms in total. The van der Waals surface area contributed by atoms with Crippen LogP contribution < -0.4 is 21.5 Å². The summed E-state index contributed by atoms with van der Waals surface area (Å²) in [4.78, 5) is 11.8. The van der Waals surface area contributed by atoms with E-state index in [1.54, 1.807) is 19.4 Å². The third kappa shape index (κ3) is 2.97. The maximum absolute atomic E-state index is 5.57. The predicted molar refractivity (Wildman–Crippen MR) is 69.0 cm³/mol. The molecule has 0 radical (unpaired) electrons. The topological polar surface area (TPSA) is 112 Å². The minimum atomic E-state index is 0.143. The number of methoxy groups -OCH3 is 1. The molecule has 0 aliphatic rings. The Hall–Kier alpha value is -2.57. The van der Waals surface area contributed by atoms with Crippen LogP contribution >= 0.6 is 0 Å². The van der Waals surface area contributed by atoms with Gasteiger partial charge in [-0.1, -0.05) is 0 Å². The van der Waals surface area contributed by atoms with Crippen LogP contribution in [0.15, 0.2) is 24.4 Å². The van der Waals surface area contributed by atoms with Crippen molar-refractivity contribution < 1.29 is 4.74 Å². The van der Waals surface area contributed by atoms with E-state index in [9.17, 15) is 0 Å². The normalized spacial score (nSPS) is 10.1. The highest BCUT2D eigenvalue weighted by Gasteiger charge is 2.01. The summed E-state index contributed by atoms with van der Waals surface area (Å²) >= 11 is 0. The number of anilines is 3. The summed E-state index contributed by atoms with van der Waals surface area (Å²) in [7, 11) is 1.57. The van der Waals surface area contributed by atoms with Gasteiger partial charge in [-0.25, -0.2) is 4.98 Å². The Labute approximate surface area is 104 Å². The van der Waals surface area contributed by atoms with E-state index in [1.165, 1.54) is 0 Å². The number of hydrogen-bond acceptors (Lipinski definition) is 7. The lowest BCUT2D eigenvalue weighted by atomic mass is 10.2. The Morgan fingerprint density at radius 3 is 2.83 bits per heavy atom. The molecule has 0 unspecified atom stereocenters. The monoisotopic (exact) mass is 246 g/mol. The number of nitrogens with two attached hydrogens (primary N) is 2. The number of nitrogens with one attached hydrogen (secondary N) is 1. The van der Waals surface area contributed by atoms with Gasteiger partial charge in [-0.15, -0.1) is 0 Å². The van der Waals surface area contributed by atoms with Gasteiger partial charge in [0.05, 0.1) is 7.11 Å². The SMILES string of the molecule is COc1cc(CNc2cc(N)nc(N)n2)ccn1. The van der Waals surface area contributed by atoms with Crippen molar-refractivity contribution in [3.63, 3.8) is 0 Å². The van der Waals surface area contributed by atoms with Crippen LogP contribution in [0.4, 0.5) is 17.6 Å². The highest BCUT2D eigenvalue weighted by molar-refractivity contribution is 5.48. The summed E-state index contributed by atoms with van der Waals surface area (Å²) in [6, 6.07) is 5.33. The second-order valence-electron chi connectivity index (χ2n) is 3.60. The first-order chi connectivity index (χ1) is 8.67. The number of aromatic nitrogens is 3. The van der Waals surface area contributed by atoms with Crippen LogP contribution in [0, 0.1) is 0 Å². The van der Waals surface area contributed by atoms with Crippen LogP contribution in [0.2, 0.25) is 0 Å². The number of rotatable bonds is 4. The van der Waals surface area contributed by atoms with Gasteiger partial charge in [0.25, 0.3) is 0 Å². The highest BCUT2D eigenvalue weighted by Crippen LogP contribution is 2.13. The van der Waals surface area contributed by atoms with Crippen molar-refractivity contribution in [2.75, 3.05) is 23.9 Å². The molecule has 94 valence electrons. The molecule has 7 heteroatoms. The minimum Gasteiger partial charge on any atom is -0.481 e. The Kier molecular flexibility index (Phi) is 3.42. The van der Waals surface area contributed by atoms with E-state index < -0.39 is 0 Å². The van der Waals surface area contributed by atoms with Crippen molar-refractivity contribution >= 4 is 17.6 Å². The molecule has 0 fully saturated rings. The zero-order valence-electron chi connectivity index (χ0n) is 9.92. The van der Waals surface area contributed by atoms with Crippen molar-refractivity contribution in [3.8, 4) is 5.88 Å². The van der Waals surface area contributed by atoms with Crippen molar-refractivity contribution in [1.82, 2.24) is 15.0 Å². The lowest BCUT2D eigenvalue weighted by Crippen LogP contribution is -2.06. The van der Waals surface area contributed by atoms with E-state index >= 15 is 0 Å². The fourth-order valence-electron chi connectivity index (χ4n) is 1.44. The number of hydrogen-bond donors (Lipinski definition) is 3. The quantitative estimate of drug-likeness (QED) is 0.726. The zero-order valence-corrected chi connectivity index (χ0v) is 9.92. The van der Waals surface area contributed by atoms with Gasteiger partial charge in [0.1, 0.15) is 11.6 Å². The molecule has 2 heterocycles. The van der Waals surface area contributed by atoms with E-state index in [1.807, 2.05) is 12.1 Å². The minimum absolute atomic E-state index is 0.143. The molecule has 2 aromatic rings. The van der Waals surface area contributed by atoms with Crippen LogP contribution in [0.3, 0.4) is 0 Å². The van der Waals surface area contributed by atoms with Crippen molar-refractivity contribution in [2.45, 2.75) is 6.54 Å². The smallest absolute Gasteiger partial charge is 0.223 e. The highest BCUT2D eigenvalue weighted by atomic mass is 16.5. The number of ether oxygens (including phenoxy) is 1. The summed E-state index contributed by atoms with van der Waals surface area (Å²) < 4.78 is 5.04. The van der Waals surface area contributed by atoms with E-state index in [-0.39, 0.29) is 5.95 Å². The molecular formula is C11H14N6O. The van der Waals surface area contributed by atoms with Gasteiger partial charge < -0.3 is 21.5 Å². The summed E-state index contributed by atoms with van der Waals surface area (Å²) in [5, 5.41) is 3.10. The Bertz CT molecular complexity index is 525. The van der Waals surface area contributed by atoms with Gasteiger partial charge >= 0.3 is 0 Å². The molecule has 0 amide bonds. The maximum Gasteiger partial charge on any atom is 0.223 e. The molecule has 0 saturated heterocycles. The Morgan fingerprint density at radius 2 is 2.11 bits per heavy atom. The molecular weight excluding hydrogens is 232 g/mol. The van der Waals surface area contributed by atoms with Crippen molar-refractivity contribution in [2.24, 2.45) is 0 Å². The predicted octanol–water partition coefficient (Wildman–Crippen LogP) is 0.657. The maximum atomic E-state index is 5.57. The molecule has 0 saturated carbocycles. The lowest BCUT2D eigenvalue weighted by Gasteiger charge is -2.07. The standard InChI is InChI=1S/C11H14N6O/c1-18-10-4-7(2-3-14-10)6-15-9-5-8(12)16-11(13)17-9/h2-5H,6H2,1H3,(H5,12,13,15,16,17). The number of nitrogens with zero attached hydrogens (tertiary/aromatic N) is 3. The van der Waals surface area contributed by atoms with Crippen LogP contribution in [-0.2, 0) is 6.54 Å². The lowest BCUT2D eigenvalue weighted by molar-refractivity contribution is 0.397. The molecule has 0 aliphatic heterocycles. The Balaban J connectivity index is 2.06. The van der Waals surface area contributed by atoms with Crippen LogP contribution in [0.1, 0.15) is 5.56 Å². The second-order valence-corrected chi connectivity index (χ2v) is 3.60. The fourth-order valence-corrected chi connectivity index (χ4v) is 1.44. The van der Waals surface area contributed by atoms with Gasteiger partial charge in [0.15, 0.2) is 0 Å². The third-order valence-electron chi connectivity index (χ3n) is 2.25. The van der Waals surface area contributed by atoms with Gasteiger partial charge in [-0.2, -0.15) is 9.97 Å². The Morgan fingerprint density at radius 1 is 1.28 bits per heavy atom. The molecule has 2 rings (SSSR count). The summed E-state index contributed by atoms with van der Waals surface area (Å²) in [5.41, 5.74) is 12.1. The van der Waals surface area contributed by atoms with Gasteiger partial charge in [-0.3, -0.25) is 0 Å². The summed E-state index contributed by atoms with van der Waals surface area (Å²) in [5.74, 6) is 1.62. The van der Waals surface area contributed by atoms with Crippen molar-refractivity contribution in [3.05, 3.63) is 30.0 Å². The van der Waals surface area contributed by atoms with E-state index in [2.05, 4.69) is 20.3 Å². The first-order valence-electron chi connectivity index (χ1n) is 5.30. The summed E-state index contributed by atoms with van der Waals surface area (Å²) in [6.07, 6.45) is 1.68. The molecule has 5 N–H and O–H groups in total. The van der Waals surface area contributed by atoms with E-state index in [4.69, 9.17) is 16.2 Å². The molecule has 18 heavy (non-hydrogen) atoms. The first kappa shape index (κ1) is 11.9. The van der Waals surface area contributed by atoms with Gasteiger partial charge in [-0.05, 0) is 11.6 Å². The van der Waals surface area contributed by atoms with Crippen LogP contribution in [-0.4, -0.2) is 22.1 Å². The van der Waals surface area contributed by atoms with Gasteiger partial charge in [0, 0.05) is 24.9 Å². The molecule has 2 aromatic heterocycles. The van der Waals surface area contributed by atoms with Gasteiger partial charge in [0.2, 0.25) is 11.8 Å². The molecule has 0 aliphatic carbocycles. The average Bonchev–Trinajstić information content (AvgIpc) is 2.35. The first-order valence-corrected chi connectivity index (χ1v) is 5.30. The van der Waals surface area contributed by atoms with E-state index in [0.29, 0.717) is 24.1 Å². The fraction of sp³-hybridized carbons (Fsp3) is 0.182. The molecule has 0 atom stereocenters. The van der Waals surface area contributed by atoms with Crippen molar-refractivity contribution in [1.29, 1.82) is 0 Å². The third-order valence-corrected chi connectivity index (χ3v) is 2.25. The molecule has 0 aromatic carbocycles. The van der Waals surface area contributed by atoms with Crippen LogP contribution in [0.5, 0.6) is 5.88 Å². The summed E-state index contributed by atoms with van der Waals surface area (Å²) in [6.45, 7) is 0.564. The molecule has 0 spiro atoms. The second kappa shape index (κ2) is 5.17. The largest absolute Gasteiger partial charge is 0.481 e. The average molecular weight is 246 g/mol. The number of pyridine rings is 1. The zero-order chi connectivity index (χ0) is 13.0. The molecule has 0 bridgehead atoms. The van der Waals surface area contributed by atoms with E-state index in [0.717, 1.165) is 5.56 Å². The van der Waals surface area contributed by atoms with Crippen LogP contribution in [0.25, 0.3) is 0 Å². The number of nitrogen functional groups attached to an aromatic ring is 2.